The second-order valence-electron chi connectivity index (χ2n) is 29.3. The molecule has 0 aliphatic carbocycles. The number of phosphoric ester groups is 2. The van der Waals surface area contributed by atoms with Gasteiger partial charge in [-0.25, -0.2) is 9.13 Å². The van der Waals surface area contributed by atoms with Crippen molar-refractivity contribution < 1.29 is 80.2 Å². The van der Waals surface area contributed by atoms with E-state index in [9.17, 15) is 43.2 Å². The van der Waals surface area contributed by atoms with E-state index in [0.29, 0.717) is 25.7 Å². The predicted molar refractivity (Wildman–Crippen MR) is 395 cm³/mol. The quantitative estimate of drug-likeness (QED) is 0.0222. The summed E-state index contributed by atoms with van der Waals surface area (Å²) in [6, 6.07) is 0. The van der Waals surface area contributed by atoms with E-state index in [-0.39, 0.29) is 25.7 Å². The molecule has 0 aromatic heterocycles. The highest BCUT2D eigenvalue weighted by molar-refractivity contribution is 7.47. The second-order valence-corrected chi connectivity index (χ2v) is 32.2. The third-order valence-electron chi connectivity index (χ3n) is 18.5. The Bertz CT molecular complexity index is 1890. The van der Waals surface area contributed by atoms with Crippen molar-refractivity contribution in [1.82, 2.24) is 0 Å². The molecule has 3 unspecified atom stereocenters. The van der Waals surface area contributed by atoms with E-state index >= 15 is 0 Å². The summed E-state index contributed by atoms with van der Waals surface area (Å²) in [6.45, 7) is 12.0. The van der Waals surface area contributed by atoms with Gasteiger partial charge in [-0.05, 0) is 43.4 Å². The van der Waals surface area contributed by atoms with Crippen LogP contribution in [0.25, 0.3) is 0 Å². The first-order chi connectivity index (χ1) is 46.8. The molecule has 0 radical (unpaired) electrons. The molecule has 6 atom stereocenters. The molecule has 0 aliphatic heterocycles. The molecule has 97 heavy (non-hydrogen) atoms. The van der Waals surface area contributed by atoms with Crippen molar-refractivity contribution in [3.63, 3.8) is 0 Å². The number of hydrogen-bond acceptors (Lipinski definition) is 15. The fraction of sp³-hybridized carbons (Fsp3) is 0.949. The molecule has 0 heterocycles. The van der Waals surface area contributed by atoms with Gasteiger partial charge in [-0.15, -0.1) is 0 Å². The molecule has 0 aliphatic rings. The lowest BCUT2D eigenvalue weighted by Crippen LogP contribution is -2.30. The Kier molecular flexibility index (Phi) is 67.1. The maximum absolute atomic E-state index is 13.1. The minimum absolute atomic E-state index is 0.105. The van der Waals surface area contributed by atoms with Gasteiger partial charge in [0.1, 0.15) is 19.3 Å². The SMILES string of the molecule is CCCCCCCCCCCCCC(=O)OC[C@H](COP(=O)(O)OC[C@H](O)COP(=O)(O)OC[C@@H](COC(=O)CCCCCCCCCCCCCCC(C)C)OC(=O)CCCCCCCCCCCCCCCCCCC(C)C)OC(=O)CCCCCCCCCCC(C)CC. The fourth-order valence-electron chi connectivity index (χ4n) is 11.9. The summed E-state index contributed by atoms with van der Waals surface area (Å²) in [6.07, 6.45) is 55.4. The number of ether oxygens (including phenoxy) is 4. The van der Waals surface area contributed by atoms with Crippen molar-refractivity contribution in [2.24, 2.45) is 17.8 Å². The topological polar surface area (TPSA) is 237 Å². The molecule has 0 rings (SSSR count). The van der Waals surface area contributed by atoms with E-state index in [4.69, 9.17) is 37.0 Å². The van der Waals surface area contributed by atoms with E-state index < -0.39 is 97.5 Å². The number of hydrogen-bond donors (Lipinski definition) is 3. The molecule has 0 fully saturated rings. The van der Waals surface area contributed by atoms with E-state index in [0.717, 1.165) is 108 Å². The Balaban J connectivity index is 5.25. The number of aliphatic hydroxyl groups is 1. The van der Waals surface area contributed by atoms with Crippen LogP contribution in [0.1, 0.15) is 402 Å². The molecule has 0 aromatic carbocycles. The Labute approximate surface area is 594 Å². The largest absolute Gasteiger partial charge is 0.472 e. The van der Waals surface area contributed by atoms with Crippen molar-refractivity contribution in [3.8, 4) is 0 Å². The summed E-state index contributed by atoms with van der Waals surface area (Å²) in [4.78, 5) is 72.9. The molecular weight excluding hydrogens is 1270 g/mol. The van der Waals surface area contributed by atoms with Crippen molar-refractivity contribution in [3.05, 3.63) is 0 Å². The van der Waals surface area contributed by atoms with E-state index in [2.05, 4.69) is 48.5 Å². The van der Waals surface area contributed by atoms with Crippen molar-refractivity contribution in [2.75, 3.05) is 39.6 Å². The molecular formula is C78H152O17P2. The lowest BCUT2D eigenvalue weighted by atomic mass is 9.99. The van der Waals surface area contributed by atoms with Crippen molar-refractivity contribution in [1.29, 1.82) is 0 Å². The highest BCUT2D eigenvalue weighted by atomic mass is 31.2. The summed E-state index contributed by atoms with van der Waals surface area (Å²) in [5.74, 6) is 0.245. The summed E-state index contributed by atoms with van der Waals surface area (Å²) < 4.78 is 68.6. The van der Waals surface area contributed by atoms with Crippen LogP contribution in [-0.2, 0) is 65.4 Å². The molecule has 0 spiro atoms. The number of unbranched alkanes of at least 4 members (excludes halogenated alkanes) is 43. The summed E-state index contributed by atoms with van der Waals surface area (Å²) >= 11 is 0. The van der Waals surface area contributed by atoms with Gasteiger partial charge in [0, 0.05) is 25.7 Å². The molecule has 19 heteroatoms. The highest BCUT2D eigenvalue weighted by Gasteiger charge is 2.30. The maximum Gasteiger partial charge on any atom is 0.472 e. The van der Waals surface area contributed by atoms with Crippen LogP contribution >= 0.6 is 15.6 Å². The lowest BCUT2D eigenvalue weighted by Gasteiger charge is -2.21. The molecule has 17 nitrogen and oxygen atoms in total. The number of phosphoric acid groups is 2. The van der Waals surface area contributed by atoms with Gasteiger partial charge in [0.05, 0.1) is 26.4 Å². The number of carbonyl (C=O) groups excluding carboxylic acids is 4. The van der Waals surface area contributed by atoms with Gasteiger partial charge in [0.15, 0.2) is 12.2 Å². The average molecular weight is 1420 g/mol. The van der Waals surface area contributed by atoms with Crippen LogP contribution in [0.15, 0.2) is 0 Å². The van der Waals surface area contributed by atoms with Crippen LogP contribution in [0.5, 0.6) is 0 Å². The highest BCUT2D eigenvalue weighted by Crippen LogP contribution is 2.45. The fourth-order valence-corrected chi connectivity index (χ4v) is 13.5. The van der Waals surface area contributed by atoms with Gasteiger partial charge in [-0.3, -0.25) is 37.3 Å². The van der Waals surface area contributed by atoms with Gasteiger partial charge in [-0.1, -0.05) is 350 Å². The van der Waals surface area contributed by atoms with Gasteiger partial charge < -0.3 is 33.8 Å². The number of esters is 4. The second kappa shape index (κ2) is 68.5. The zero-order chi connectivity index (χ0) is 71.6. The number of aliphatic hydroxyl groups excluding tert-OH is 1. The zero-order valence-corrected chi connectivity index (χ0v) is 65.3. The van der Waals surface area contributed by atoms with E-state index in [1.54, 1.807) is 0 Å². The van der Waals surface area contributed by atoms with Crippen LogP contribution in [-0.4, -0.2) is 96.7 Å². The Hall–Kier alpha value is -1.94. The molecule has 576 valence electrons. The molecule has 3 N–H and O–H groups in total. The Morgan fingerprint density at radius 2 is 0.526 bits per heavy atom. The lowest BCUT2D eigenvalue weighted by molar-refractivity contribution is -0.161. The summed E-state index contributed by atoms with van der Waals surface area (Å²) in [5.41, 5.74) is 0. The van der Waals surface area contributed by atoms with Crippen molar-refractivity contribution in [2.45, 2.75) is 420 Å². The molecule has 0 amide bonds. The van der Waals surface area contributed by atoms with E-state index in [1.165, 1.54) is 212 Å². The van der Waals surface area contributed by atoms with Crippen LogP contribution in [0.3, 0.4) is 0 Å². The minimum atomic E-state index is -4.96. The summed E-state index contributed by atoms with van der Waals surface area (Å²) in [7, 11) is -9.92. The first kappa shape index (κ1) is 95.1. The van der Waals surface area contributed by atoms with Gasteiger partial charge in [0.2, 0.25) is 0 Å². The van der Waals surface area contributed by atoms with E-state index in [1.807, 2.05) is 0 Å². The van der Waals surface area contributed by atoms with Gasteiger partial charge >= 0.3 is 39.5 Å². The van der Waals surface area contributed by atoms with Crippen LogP contribution in [0.2, 0.25) is 0 Å². The molecule has 0 bridgehead atoms. The maximum atomic E-state index is 13.1. The van der Waals surface area contributed by atoms with Crippen LogP contribution in [0, 0.1) is 17.8 Å². The first-order valence-electron chi connectivity index (χ1n) is 40.4. The Morgan fingerprint density at radius 1 is 0.299 bits per heavy atom. The number of carbonyl (C=O) groups is 4. The summed E-state index contributed by atoms with van der Waals surface area (Å²) in [5, 5.41) is 10.6. The predicted octanol–water partition coefficient (Wildman–Crippen LogP) is 23.0. The minimum Gasteiger partial charge on any atom is -0.462 e. The normalized spacial score (nSPS) is 14.3. The van der Waals surface area contributed by atoms with Crippen LogP contribution < -0.4 is 0 Å². The van der Waals surface area contributed by atoms with Gasteiger partial charge in [0.25, 0.3) is 0 Å². The first-order valence-corrected chi connectivity index (χ1v) is 43.4. The smallest absolute Gasteiger partial charge is 0.462 e. The van der Waals surface area contributed by atoms with Gasteiger partial charge in [-0.2, -0.15) is 0 Å². The monoisotopic (exact) mass is 1420 g/mol. The average Bonchev–Trinajstić information content (AvgIpc) is 1.27. The zero-order valence-electron chi connectivity index (χ0n) is 63.5. The third-order valence-corrected chi connectivity index (χ3v) is 20.4. The molecule has 0 saturated heterocycles. The molecule has 0 saturated carbocycles. The number of rotatable bonds is 76. The standard InChI is InChI=1S/C78H152O17P2/c1-8-10-11-12-13-14-23-30-38-45-52-59-75(80)88-66-74(95-78(83)62-55-48-41-34-33-37-44-51-58-71(7)9-2)68-93-97(86,87)91-64-72(79)63-90-96(84,85)92-67-73(65-89-76(81)60-53-46-39-31-26-22-21-25-29-36-43-50-57-70(5)6)94-77(82)61-54-47-40-32-27-20-18-16-15-17-19-24-28-35-42-49-56-69(3)4/h69-74,79H,8-68H2,1-7H3,(H,84,85)(H,86,87)/t71?,72-,73-,74-/m1/s1. The van der Waals surface area contributed by atoms with Crippen molar-refractivity contribution >= 4 is 39.5 Å². The van der Waals surface area contributed by atoms with Crippen LogP contribution in [0.4, 0.5) is 0 Å². The third kappa shape index (κ3) is 70.9. The molecule has 0 aromatic rings. The Morgan fingerprint density at radius 3 is 0.784 bits per heavy atom.